The van der Waals surface area contributed by atoms with Gasteiger partial charge in [0.1, 0.15) is 12.1 Å². The van der Waals surface area contributed by atoms with E-state index in [1.54, 1.807) is 6.33 Å². The molecular weight excluding hydrogens is 290 g/mol. The van der Waals surface area contributed by atoms with Gasteiger partial charge in [0, 0.05) is 13.2 Å². The van der Waals surface area contributed by atoms with Crippen molar-refractivity contribution < 1.29 is 4.74 Å². The van der Waals surface area contributed by atoms with Gasteiger partial charge in [-0.3, -0.25) is 0 Å². The summed E-state index contributed by atoms with van der Waals surface area (Å²) in [5.74, 6) is 0.810. The van der Waals surface area contributed by atoms with E-state index in [1.165, 1.54) is 5.56 Å². The van der Waals surface area contributed by atoms with E-state index in [1.807, 2.05) is 23.0 Å². The van der Waals surface area contributed by atoms with Crippen LogP contribution in [-0.4, -0.2) is 39.0 Å². The Kier molecular flexibility index (Phi) is 3.67. The molecule has 1 aliphatic heterocycles. The van der Waals surface area contributed by atoms with Gasteiger partial charge in [-0.15, -0.1) is 0 Å². The number of rotatable bonds is 4. The third kappa shape index (κ3) is 2.77. The minimum absolute atomic E-state index is 0.270. The maximum Gasteiger partial charge on any atom is 0.168 e. The molecule has 2 aromatic heterocycles. The molecule has 1 saturated heterocycles. The van der Waals surface area contributed by atoms with E-state index >= 15 is 0 Å². The van der Waals surface area contributed by atoms with Crippen LogP contribution in [0.25, 0.3) is 16.7 Å². The summed E-state index contributed by atoms with van der Waals surface area (Å²) in [7, 11) is 0. The molecule has 6 heteroatoms. The molecule has 118 valence electrons. The van der Waals surface area contributed by atoms with E-state index in [4.69, 9.17) is 4.74 Å². The van der Waals surface area contributed by atoms with Crippen molar-refractivity contribution in [3.8, 4) is 5.69 Å². The SMILES string of the molecule is Cc1cccc(-n2ncc3c(NC[C@H]4CCCO4)ncnc32)c1. The average molecular weight is 309 g/mol. The van der Waals surface area contributed by atoms with Crippen LogP contribution in [0.3, 0.4) is 0 Å². The van der Waals surface area contributed by atoms with Crippen LogP contribution in [0, 0.1) is 6.92 Å². The highest BCUT2D eigenvalue weighted by Crippen LogP contribution is 2.22. The van der Waals surface area contributed by atoms with E-state index in [-0.39, 0.29) is 6.10 Å². The smallest absolute Gasteiger partial charge is 0.168 e. The van der Waals surface area contributed by atoms with Crippen molar-refractivity contribution in [3.05, 3.63) is 42.4 Å². The molecule has 0 saturated carbocycles. The maximum atomic E-state index is 5.65. The predicted octanol–water partition coefficient (Wildman–Crippen LogP) is 2.71. The van der Waals surface area contributed by atoms with Crippen LogP contribution in [-0.2, 0) is 4.74 Å². The van der Waals surface area contributed by atoms with Crippen LogP contribution >= 0.6 is 0 Å². The number of nitrogens with one attached hydrogen (secondary N) is 1. The van der Waals surface area contributed by atoms with Gasteiger partial charge in [0.25, 0.3) is 0 Å². The standard InChI is InChI=1S/C17H19N5O/c1-12-4-2-5-13(8-12)22-17-15(10-21-22)16(19-11-20-17)18-9-14-6-3-7-23-14/h2,4-5,8,10-11,14H,3,6-7,9H2,1H3,(H,18,19,20)/t14-/m1/s1. The Hall–Kier alpha value is -2.47. The van der Waals surface area contributed by atoms with E-state index in [0.29, 0.717) is 0 Å². The molecule has 3 heterocycles. The molecule has 4 rings (SSSR count). The summed E-state index contributed by atoms with van der Waals surface area (Å²) in [6.07, 6.45) is 5.90. The molecule has 1 atom stereocenters. The second-order valence-corrected chi connectivity index (χ2v) is 5.87. The van der Waals surface area contributed by atoms with E-state index in [9.17, 15) is 0 Å². The van der Waals surface area contributed by atoms with Crippen LogP contribution in [0.2, 0.25) is 0 Å². The number of fused-ring (bicyclic) bond motifs is 1. The Morgan fingerprint density at radius 3 is 3.13 bits per heavy atom. The Labute approximate surface area is 134 Å². The lowest BCUT2D eigenvalue weighted by Crippen LogP contribution is -2.19. The number of aryl methyl sites for hydroxylation is 1. The Balaban J connectivity index is 1.66. The first-order valence-electron chi connectivity index (χ1n) is 7.92. The lowest BCUT2D eigenvalue weighted by Gasteiger charge is -2.11. The molecule has 0 aliphatic carbocycles. The Bertz CT molecular complexity index is 823. The number of benzene rings is 1. The van der Waals surface area contributed by atoms with Gasteiger partial charge >= 0.3 is 0 Å². The average Bonchev–Trinajstić information content (AvgIpc) is 3.22. The van der Waals surface area contributed by atoms with Crippen LogP contribution < -0.4 is 5.32 Å². The van der Waals surface area contributed by atoms with Crippen molar-refractivity contribution in [3.63, 3.8) is 0 Å². The van der Waals surface area contributed by atoms with Crippen LogP contribution in [0.15, 0.2) is 36.8 Å². The number of aromatic nitrogens is 4. The zero-order chi connectivity index (χ0) is 15.6. The van der Waals surface area contributed by atoms with Crippen molar-refractivity contribution >= 4 is 16.9 Å². The summed E-state index contributed by atoms with van der Waals surface area (Å²) in [5.41, 5.74) is 3.00. The molecular formula is C17H19N5O. The third-order valence-corrected chi connectivity index (χ3v) is 4.13. The molecule has 0 radical (unpaired) electrons. The first kappa shape index (κ1) is 14.1. The minimum Gasteiger partial charge on any atom is -0.376 e. The van der Waals surface area contributed by atoms with Crippen LogP contribution in [0.4, 0.5) is 5.82 Å². The quantitative estimate of drug-likeness (QED) is 0.803. The zero-order valence-corrected chi connectivity index (χ0v) is 13.1. The molecule has 6 nitrogen and oxygen atoms in total. The van der Waals surface area contributed by atoms with Crippen molar-refractivity contribution in [1.29, 1.82) is 0 Å². The molecule has 1 aliphatic rings. The highest BCUT2D eigenvalue weighted by molar-refractivity contribution is 5.87. The highest BCUT2D eigenvalue weighted by Gasteiger charge is 2.17. The van der Waals surface area contributed by atoms with Crippen molar-refractivity contribution in [2.75, 3.05) is 18.5 Å². The molecule has 0 unspecified atom stereocenters. The zero-order valence-electron chi connectivity index (χ0n) is 13.1. The largest absolute Gasteiger partial charge is 0.376 e. The van der Waals surface area contributed by atoms with Gasteiger partial charge in [-0.2, -0.15) is 5.10 Å². The van der Waals surface area contributed by atoms with Gasteiger partial charge < -0.3 is 10.1 Å². The summed E-state index contributed by atoms with van der Waals surface area (Å²) >= 11 is 0. The molecule has 0 amide bonds. The predicted molar refractivity (Wildman–Crippen MR) is 88.9 cm³/mol. The van der Waals surface area contributed by atoms with E-state index < -0.39 is 0 Å². The molecule has 0 bridgehead atoms. The Morgan fingerprint density at radius 2 is 2.30 bits per heavy atom. The monoisotopic (exact) mass is 309 g/mol. The second kappa shape index (κ2) is 5.96. The third-order valence-electron chi connectivity index (χ3n) is 4.13. The van der Waals surface area contributed by atoms with Gasteiger partial charge in [0.05, 0.1) is 23.4 Å². The van der Waals surface area contributed by atoms with Gasteiger partial charge in [0.2, 0.25) is 0 Å². The van der Waals surface area contributed by atoms with Gasteiger partial charge in [-0.25, -0.2) is 14.6 Å². The lowest BCUT2D eigenvalue weighted by atomic mass is 10.2. The molecule has 0 spiro atoms. The fourth-order valence-corrected chi connectivity index (χ4v) is 2.95. The fourth-order valence-electron chi connectivity index (χ4n) is 2.95. The summed E-state index contributed by atoms with van der Waals surface area (Å²) in [4.78, 5) is 8.77. The molecule has 1 N–H and O–H groups in total. The highest BCUT2D eigenvalue weighted by atomic mass is 16.5. The lowest BCUT2D eigenvalue weighted by molar-refractivity contribution is 0.120. The number of hydrogen-bond acceptors (Lipinski definition) is 5. The summed E-state index contributed by atoms with van der Waals surface area (Å²) in [5, 5.41) is 8.79. The van der Waals surface area contributed by atoms with Crippen molar-refractivity contribution in [2.24, 2.45) is 0 Å². The van der Waals surface area contributed by atoms with Gasteiger partial charge in [-0.1, -0.05) is 12.1 Å². The number of ether oxygens (including phenoxy) is 1. The van der Waals surface area contributed by atoms with Crippen molar-refractivity contribution in [2.45, 2.75) is 25.9 Å². The van der Waals surface area contributed by atoms with Gasteiger partial charge in [-0.05, 0) is 37.5 Å². The molecule has 1 fully saturated rings. The minimum atomic E-state index is 0.270. The molecule has 23 heavy (non-hydrogen) atoms. The summed E-state index contributed by atoms with van der Waals surface area (Å²) < 4.78 is 7.50. The summed E-state index contributed by atoms with van der Waals surface area (Å²) in [6.45, 7) is 3.69. The summed E-state index contributed by atoms with van der Waals surface area (Å²) in [6, 6.07) is 8.21. The van der Waals surface area contributed by atoms with Crippen molar-refractivity contribution in [1.82, 2.24) is 19.7 Å². The Morgan fingerprint density at radius 1 is 1.35 bits per heavy atom. The maximum absolute atomic E-state index is 5.65. The molecule has 3 aromatic rings. The normalized spacial score (nSPS) is 17.7. The number of anilines is 1. The van der Waals surface area contributed by atoms with E-state index in [2.05, 4.69) is 39.4 Å². The first-order valence-corrected chi connectivity index (χ1v) is 7.92. The fraction of sp³-hybridized carbons (Fsp3) is 0.353. The van der Waals surface area contributed by atoms with Crippen LogP contribution in [0.1, 0.15) is 18.4 Å². The topological polar surface area (TPSA) is 64.9 Å². The molecule has 1 aromatic carbocycles. The first-order chi connectivity index (χ1) is 11.3. The van der Waals surface area contributed by atoms with E-state index in [0.717, 1.165) is 48.5 Å². The van der Waals surface area contributed by atoms with Crippen LogP contribution in [0.5, 0.6) is 0 Å². The van der Waals surface area contributed by atoms with Gasteiger partial charge in [0.15, 0.2) is 5.65 Å². The number of nitrogens with zero attached hydrogens (tertiary/aromatic N) is 4. The number of hydrogen-bond donors (Lipinski definition) is 1. The second-order valence-electron chi connectivity index (χ2n) is 5.87.